The van der Waals surface area contributed by atoms with Crippen LogP contribution in [0.5, 0.6) is 0 Å². The Morgan fingerprint density at radius 3 is 2.43 bits per heavy atom. The molecule has 1 amide bonds. The summed E-state index contributed by atoms with van der Waals surface area (Å²) in [5, 5.41) is 11.9. The zero-order valence-corrected chi connectivity index (χ0v) is 12.0. The second-order valence-electron chi connectivity index (χ2n) is 6.06. The Morgan fingerprint density at radius 1 is 1.19 bits per heavy atom. The zero-order chi connectivity index (χ0) is 15.0. The van der Waals surface area contributed by atoms with Crippen LogP contribution < -0.4 is 5.32 Å². The molecule has 1 fully saturated rings. The van der Waals surface area contributed by atoms with E-state index in [0.29, 0.717) is 11.8 Å². The van der Waals surface area contributed by atoms with Gasteiger partial charge in [-0.15, -0.1) is 0 Å². The lowest BCUT2D eigenvalue weighted by molar-refractivity contribution is -0.138. The molecule has 1 saturated carbocycles. The lowest BCUT2D eigenvalue weighted by Crippen LogP contribution is -2.25. The summed E-state index contributed by atoms with van der Waals surface area (Å²) in [7, 11) is 0. The van der Waals surface area contributed by atoms with Gasteiger partial charge in [0.25, 0.3) is 0 Å². The Kier molecular flexibility index (Phi) is 3.53. The molecule has 1 aromatic rings. The van der Waals surface area contributed by atoms with Gasteiger partial charge in [-0.2, -0.15) is 0 Å². The van der Waals surface area contributed by atoms with Crippen molar-refractivity contribution in [3.63, 3.8) is 0 Å². The summed E-state index contributed by atoms with van der Waals surface area (Å²) >= 11 is 0. The van der Waals surface area contributed by atoms with Gasteiger partial charge in [0.05, 0.1) is 5.92 Å². The van der Waals surface area contributed by atoms with Gasteiger partial charge in [0, 0.05) is 11.6 Å². The highest BCUT2D eigenvalue weighted by atomic mass is 16.4. The Labute approximate surface area is 123 Å². The minimum atomic E-state index is -0.847. The van der Waals surface area contributed by atoms with E-state index in [0.717, 1.165) is 24.1 Å². The summed E-state index contributed by atoms with van der Waals surface area (Å²) in [6.45, 7) is 1.65. The van der Waals surface area contributed by atoms with E-state index in [1.807, 2.05) is 0 Å². The van der Waals surface area contributed by atoms with Gasteiger partial charge in [-0.25, -0.2) is 0 Å². The molecule has 0 aromatic heterocycles. The highest BCUT2D eigenvalue weighted by Crippen LogP contribution is 2.43. The van der Waals surface area contributed by atoms with E-state index in [2.05, 4.69) is 17.5 Å². The van der Waals surface area contributed by atoms with Crippen LogP contribution in [-0.2, 0) is 9.59 Å². The van der Waals surface area contributed by atoms with Crippen molar-refractivity contribution in [3.05, 3.63) is 42.0 Å². The van der Waals surface area contributed by atoms with Crippen LogP contribution in [0.25, 0.3) is 0 Å². The van der Waals surface area contributed by atoms with Gasteiger partial charge in [-0.3, -0.25) is 9.59 Å². The molecule has 4 nitrogen and oxygen atoms in total. The van der Waals surface area contributed by atoms with Crippen LogP contribution in [0.3, 0.4) is 0 Å². The number of aliphatic carboxylic acids is 1. The van der Waals surface area contributed by atoms with E-state index < -0.39 is 11.9 Å². The number of hydrogen-bond donors (Lipinski definition) is 2. The molecule has 21 heavy (non-hydrogen) atoms. The van der Waals surface area contributed by atoms with E-state index in [9.17, 15) is 9.59 Å². The number of benzene rings is 1. The third-order valence-corrected chi connectivity index (χ3v) is 4.66. The fourth-order valence-electron chi connectivity index (χ4n) is 3.31. The van der Waals surface area contributed by atoms with Crippen LogP contribution in [0.15, 0.2) is 36.4 Å². The van der Waals surface area contributed by atoms with E-state index in [4.69, 9.17) is 5.11 Å². The number of amides is 1. The molecule has 110 valence electrons. The predicted octanol–water partition coefficient (Wildman–Crippen LogP) is 3.03. The third-order valence-electron chi connectivity index (χ3n) is 4.66. The van der Waals surface area contributed by atoms with E-state index >= 15 is 0 Å². The van der Waals surface area contributed by atoms with Gasteiger partial charge < -0.3 is 10.4 Å². The van der Waals surface area contributed by atoms with Gasteiger partial charge in [-0.05, 0) is 49.3 Å². The average molecular weight is 285 g/mol. The van der Waals surface area contributed by atoms with Crippen LogP contribution in [0, 0.1) is 17.8 Å². The molecule has 0 aliphatic heterocycles. The zero-order valence-electron chi connectivity index (χ0n) is 12.0. The molecule has 0 heterocycles. The van der Waals surface area contributed by atoms with Crippen molar-refractivity contribution in [2.75, 3.05) is 5.32 Å². The van der Waals surface area contributed by atoms with Gasteiger partial charge in [0.15, 0.2) is 0 Å². The van der Waals surface area contributed by atoms with E-state index in [1.165, 1.54) is 0 Å². The first-order valence-corrected chi connectivity index (χ1v) is 7.36. The van der Waals surface area contributed by atoms with Crippen molar-refractivity contribution < 1.29 is 14.7 Å². The molecular formula is C17H19NO3. The number of nitrogens with one attached hydrogen (secondary N) is 1. The first-order valence-electron chi connectivity index (χ1n) is 7.36. The van der Waals surface area contributed by atoms with Crippen LogP contribution in [0.4, 0.5) is 5.69 Å². The first-order chi connectivity index (χ1) is 10.0. The van der Waals surface area contributed by atoms with Crippen molar-refractivity contribution in [1.82, 2.24) is 0 Å². The molecule has 0 radical (unpaired) electrons. The molecule has 2 aliphatic rings. The molecule has 2 aliphatic carbocycles. The topological polar surface area (TPSA) is 66.4 Å². The monoisotopic (exact) mass is 285 g/mol. The summed E-state index contributed by atoms with van der Waals surface area (Å²) in [6, 6.07) is 7.07. The standard InChI is InChI=1S/C17H19NO3/c1-10(17(20)21)12-4-6-14(7-5-12)18-16(19)15-9-11-2-3-13(15)8-11/h2-7,10-11,13,15H,8-9H2,1H3,(H,18,19)(H,20,21). The lowest BCUT2D eigenvalue weighted by Gasteiger charge is -2.17. The fourth-order valence-corrected chi connectivity index (χ4v) is 3.31. The number of carbonyl (C=O) groups is 2. The van der Waals surface area contributed by atoms with Crippen molar-refractivity contribution >= 4 is 17.6 Å². The van der Waals surface area contributed by atoms with Crippen molar-refractivity contribution in [2.45, 2.75) is 25.7 Å². The maximum Gasteiger partial charge on any atom is 0.310 e. The van der Waals surface area contributed by atoms with Crippen LogP contribution in [0.1, 0.15) is 31.2 Å². The van der Waals surface area contributed by atoms with Gasteiger partial charge in [0.1, 0.15) is 0 Å². The largest absolute Gasteiger partial charge is 0.481 e. The SMILES string of the molecule is CC(C(=O)O)c1ccc(NC(=O)C2CC3C=CC2C3)cc1. The normalized spacial score (nSPS) is 27.6. The average Bonchev–Trinajstić information content (AvgIpc) is 3.10. The number of anilines is 1. The third kappa shape index (κ3) is 2.71. The van der Waals surface area contributed by atoms with Crippen LogP contribution in [0.2, 0.25) is 0 Å². The summed E-state index contributed by atoms with van der Waals surface area (Å²) in [5.41, 5.74) is 1.47. The van der Waals surface area contributed by atoms with Crippen LogP contribution >= 0.6 is 0 Å². The van der Waals surface area contributed by atoms with Gasteiger partial charge >= 0.3 is 5.97 Å². The number of hydrogen-bond acceptors (Lipinski definition) is 2. The van der Waals surface area contributed by atoms with E-state index in [1.54, 1.807) is 31.2 Å². The maximum absolute atomic E-state index is 12.3. The molecule has 1 aromatic carbocycles. The summed E-state index contributed by atoms with van der Waals surface area (Å²) in [5.74, 6) is -0.264. The van der Waals surface area contributed by atoms with Crippen LogP contribution in [-0.4, -0.2) is 17.0 Å². The summed E-state index contributed by atoms with van der Waals surface area (Å²) < 4.78 is 0. The predicted molar refractivity (Wildman–Crippen MR) is 80.0 cm³/mol. The molecular weight excluding hydrogens is 266 g/mol. The second-order valence-corrected chi connectivity index (χ2v) is 6.06. The number of allylic oxidation sites excluding steroid dienone is 2. The molecule has 0 spiro atoms. The Hall–Kier alpha value is -2.10. The van der Waals surface area contributed by atoms with E-state index in [-0.39, 0.29) is 11.8 Å². The van der Waals surface area contributed by atoms with Crippen molar-refractivity contribution in [1.29, 1.82) is 0 Å². The quantitative estimate of drug-likeness (QED) is 0.836. The number of rotatable bonds is 4. The smallest absolute Gasteiger partial charge is 0.310 e. The highest BCUT2D eigenvalue weighted by molar-refractivity contribution is 5.93. The molecule has 3 rings (SSSR count). The maximum atomic E-state index is 12.3. The molecule has 2 bridgehead atoms. The minimum Gasteiger partial charge on any atom is -0.481 e. The minimum absolute atomic E-state index is 0.0749. The van der Waals surface area contributed by atoms with Crippen molar-refractivity contribution in [2.24, 2.45) is 17.8 Å². The van der Waals surface area contributed by atoms with Gasteiger partial charge in [0.2, 0.25) is 5.91 Å². The number of carbonyl (C=O) groups excluding carboxylic acids is 1. The Balaban J connectivity index is 1.64. The summed E-state index contributed by atoms with van der Waals surface area (Å²) in [4.78, 5) is 23.2. The molecule has 4 unspecified atom stereocenters. The molecule has 4 heteroatoms. The second kappa shape index (κ2) is 5.35. The summed E-state index contributed by atoms with van der Waals surface area (Å²) in [6.07, 6.45) is 6.43. The molecule has 2 N–H and O–H groups in total. The molecule has 4 atom stereocenters. The Morgan fingerprint density at radius 2 is 1.90 bits per heavy atom. The lowest BCUT2D eigenvalue weighted by atomic mass is 9.92. The Bertz CT molecular complexity index is 591. The molecule has 0 saturated heterocycles. The fraction of sp³-hybridized carbons (Fsp3) is 0.412. The number of carboxylic acids is 1. The van der Waals surface area contributed by atoms with Crippen molar-refractivity contribution in [3.8, 4) is 0 Å². The number of fused-ring (bicyclic) bond motifs is 2. The first kappa shape index (κ1) is 13.9. The number of carboxylic acid groups (broad SMARTS) is 1. The van der Waals surface area contributed by atoms with Gasteiger partial charge in [-0.1, -0.05) is 24.3 Å². The highest BCUT2D eigenvalue weighted by Gasteiger charge is 2.39.